The molecule has 1 atom stereocenters. The molecular weight excluding hydrogens is 463 g/mol. The van der Waals surface area contributed by atoms with Gasteiger partial charge in [-0.15, -0.1) is 0 Å². The number of carbonyl (C=O) groups excluding carboxylic acids is 3. The number of carbonyl (C=O) groups is 3. The Morgan fingerprint density at radius 1 is 1.12 bits per heavy atom. The minimum Gasteiger partial charge on any atom is -0.507 e. The highest BCUT2D eigenvalue weighted by Gasteiger charge is 2.49. The molecule has 1 aromatic heterocycles. The lowest BCUT2D eigenvalue weighted by atomic mass is 9.95. The summed E-state index contributed by atoms with van der Waals surface area (Å²) in [5.74, 6) is -3.29. The normalized spacial score (nSPS) is 17.2. The van der Waals surface area contributed by atoms with Crippen LogP contribution in [0.15, 0.2) is 54.1 Å². The number of halogens is 1. The number of thiazole rings is 1. The molecule has 0 saturated carbocycles. The minimum absolute atomic E-state index is 0.00188. The third-order valence-electron chi connectivity index (χ3n) is 5.37. The molecule has 0 spiro atoms. The Bertz CT molecular complexity index is 1330. The van der Waals surface area contributed by atoms with Crippen LogP contribution in [-0.4, -0.2) is 42.0 Å². The standard InChI is InChI=1S/C24H19FN2O6S/c1-12-21(23(31)33-3)34-24(26-12)27-18(15-6-4-5-7-16(15)25)17(20(29)22(27)30)19(28)13-8-10-14(32-2)11-9-13/h4-11,18,28H,1-3H3/b19-17+. The first-order valence-electron chi connectivity index (χ1n) is 10.0. The van der Waals surface area contributed by atoms with Gasteiger partial charge in [-0.3, -0.25) is 14.5 Å². The maximum atomic E-state index is 14.9. The third kappa shape index (κ3) is 3.81. The molecular formula is C24H19FN2O6S. The number of benzene rings is 2. The summed E-state index contributed by atoms with van der Waals surface area (Å²) in [4.78, 5) is 43.8. The number of methoxy groups -OCH3 is 2. The highest BCUT2D eigenvalue weighted by atomic mass is 32.1. The first-order chi connectivity index (χ1) is 16.3. The Morgan fingerprint density at radius 3 is 2.41 bits per heavy atom. The number of ether oxygens (including phenoxy) is 2. The number of nitrogens with zero attached hydrogens (tertiary/aromatic N) is 2. The van der Waals surface area contributed by atoms with Crippen molar-refractivity contribution in [1.29, 1.82) is 0 Å². The van der Waals surface area contributed by atoms with Crippen LogP contribution in [-0.2, 0) is 14.3 Å². The van der Waals surface area contributed by atoms with E-state index < -0.39 is 35.3 Å². The van der Waals surface area contributed by atoms with Crippen LogP contribution >= 0.6 is 11.3 Å². The second-order valence-electron chi connectivity index (χ2n) is 7.32. The van der Waals surface area contributed by atoms with Crippen LogP contribution in [0.5, 0.6) is 5.75 Å². The minimum atomic E-state index is -1.31. The zero-order chi connectivity index (χ0) is 24.6. The van der Waals surface area contributed by atoms with Gasteiger partial charge in [-0.2, -0.15) is 0 Å². The highest BCUT2D eigenvalue weighted by Crippen LogP contribution is 2.44. The molecule has 0 bridgehead atoms. The molecule has 1 saturated heterocycles. The summed E-state index contributed by atoms with van der Waals surface area (Å²) >= 11 is 0.838. The molecule has 34 heavy (non-hydrogen) atoms. The number of aliphatic hydroxyl groups is 1. The molecule has 1 N–H and O–H groups in total. The molecule has 1 fully saturated rings. The molecule has 0 aliphatic carbocycles. The first kappa shape index (κ1) is 23.1. The topological polar surface area (TPSA) is 106 Å². The fourth-order valence-corrected chi connectivity index (χ4v) is 4.70. The zero-order valence-electron chi connectivity index (χ0n) is 18.4. The van der Waals surface area contributed by atoms with E-state index in [-0.39, 0.29) is 32.4 Å². The van der Waals surface area contributed by atoms with Crippen molar-refractivity contribution in [1.82, 2.24) is 4.98 Å². The summed E-state index contributed by atoms with van der Waals surface area (Å²) < 4.78 is 24.8. The van der Waals surface area contributed by atoms with Crippen LogP contribution in [0.2, 0.25) is 0 Å². The van der Waals surface area contributed by atoms with Crippen molar-refractivity contribution in [3.8, 4) is 5.75 Å². The number of hydrogen-bond donors (Lipinski definition) is 1. The van der Waals surface area contributed by atoms with E-state index in [1.165, 1.54) is 44.6 Å². The summed E-state index contributed by atoms with van der Waals surface area (Å²) in [5.41, 5.74) is 0.221. The third-order valence-corrected chi connectivity index (χ3v) is 6.51. The van der Waals surface area contributed by atoms with Gasteiger partial charge in [-0.25, -0.2) is 14.2 Å². The summed E-state index contributed by atoms with van der Waals surface area (Å²) in [6, 6.07) is 10.5. The predicted molar refractivity (Wildman–Crippen MR) is 122 cm³/mol. The van der Waals surface area contributed by atoms with Gasteiger partial charge in [-0.1, -0.05) is 29.5 Å². The maximum absolute atomic E-state index is 14.9. The van der Waals surface area contributed by atoms with Gasteiger partial charge in [-0.05, 0) is 37.3 Å². The smallest absolute Gasteiger partial charge is 0.350 e. The quantitative estimate of drug-likeness (QED) is 0.253. The average Bonchev–Trinajstić information content (AvgIpc) is 3.35. The Labute approximate surface area is 197 Å². The molecule has 10 heteroatoms. The lowest BCUT2D eigenvalue weighted by Crippen LogP contribution is -2.29. The second-order valence-corrected chi connectivity index (χ2v) is 8.30. The van der Waals surface area contributed by atoms with Crippen LogP contribution in [0.25, 0.3) is 5.76 Å². The fraction of sp³-hybridized carbons (Fsp3) is 0.167. The van der Waals surface area contributed by atoms with E-state index >= 15 is 0 Å². The lowest BCUT2D eigenvalue weighted by molar-refractivity contribution is -0.132. The number of anilines is 1. The maximum Gasteiger partial charge on any atom is 0.350 e. The number of ketones is 1. The Hall–Kier alpha value is -4.05. The van der Waals surface area contributed by atoms with Crippen LogP contribution in [0.1, 0.15) is 32.5 Å². The van der Waals surface area contributed by atoms with Crippen LogP contribution in [0, 0.1) is 12.7 Å². The van der Waals surface area contributed by atoms with Gasteiger partial charge in [0, 0.05) is 11.1 Å². The molecule has 4 rings (SSSR count). The predicted octanol–water partition coefficient (Wildman–Crippen LogP) is 4.01. The van der Waals surface area contributed by atoms with Crippen molar-refractivity contribution in [2.75, 3.05) is 19.1 Å². The number of aryl methyl sites for hydroxylation is 1. The highest BCUT2D eigenvalue weighted by molar-refractivity contribution is 7.17. The molecule has 174 valence electrons. The molecule has 1 unspecified atom stereocenters. The van der Waals surface area contributed by atoms with Gasteiger partial charge in [0.15, 0.2) is 5.13 Å². The van der Waals surface area contributed by atoms with Crippen LogP contribution < -0.4 is 9.64 Å². The first-order valence-corrected chi connectivity index (χ1v) is 10.9. The van der Waals surface area contributed by atoms with Crippen molar-refractivity contribution < 1.29 is 33.4 Å². The number of hydrogen-bond acceptors (Lipinski definition) is 8. The van der Waals surface area contributed by atoms with Gasteiger partial charge in [0.05, 0.1) is 25.5 Å². The monoisotopic (exact) mass is 482 g/mol. The number of rotatable bonds is 5. The van der Waals surface area contributed by atoms with E-state index in [2.05, 4.69) is 4.98 Å². The number of esters is 1. The molecule has 2 heterocycles. The van der Waals surface area contributed by atoms with Crippen molar-refractivity contribution in [3.63, 3.8) is 0 Å². The molecule has 1 amide bonds. The molecule has 2 aromatic carbocycles. The van der Waals surface area contributed by atoms with E-state index in [0.29, 0.717) is 5.75 Å². The largest absolute Gasteiger partial charge is 0.507 e. The summed E-state index contributed by atoms with van der Waals surface area (Å²) in [7, 11) is 2.69. The summed E-state index contributed by atoms with van der Waals surface area (Å²) in [6.07, 6.45) is 0. The van der Waals surface area contributed by atoms with Gasteiger partial charge in [0.2, 0.25) is 0 Å². The average molecular weight is 482 g/mol. The van der Waals surface area contributed by atoms with E-state index in [9.17, 15) is 23.9 Å². The zero-order valence-corrected chi connectivity index (χ0v) is 19.2. The number of aliphatic hydroxyl groups excluding tert-OH is 1. The fourth-order valence-electron chi connectivity index (χ4n) is 3.69. The second kappa shape index (κ2) is 9.06. The van der Waals surface area contributed by atoms with Gasteiger partial charge in [0.1, 0.15) is 28.2 Å². The van der Waals surface area contributed by atoms with Crippen LogP contribution in [0.4, 0.5) is 9.52 Å². The van der Waals surface area contributed by atoms with Gasteiger partial charge < -0.3 is 14.6 Å². The number of amides is 1. The van der Waals surface area contributed by atoms with E-state index in [1.54, 1.807) is 25.1 Å². The Morgan fingerprint density at radius 2 is 1.79 bits per heavy atom. The molecule has 1 aliphatic rings. The molecule has 1 aliphatic heterocycles. The van der Waals surface area contributed by atoms with Crippen molar-refractivity contribution in [3.05, 3.63) is 81.6 Å². The van der Waals surface area contributed by atoms with E-state index in [4.69, 9.17) is 9.47 Å². The van der Waals surface area contributed by atoms with Crippen LogP contribution in [0.3, 0.4) is 0 Å². The molecule has 8 nitrogen and oxygen atoms in total. The van der Waals surface area contributed by atoms with Gasteiger partial charge >= 0.3 is 11.9 Å². The van der Waals surface area contributed by atoms with E-state index in [0.717, 1.165) is 16.2 Å². The lowest BCUT2D eigenvalue weighted by Gasteiger charge is -2.23. The van der Waals surface area contributed by atoms with E-state index in [1.807, 2.05) is 0 Å². The summed E-state index contributed by atoms with van der Waals surface area (Å²) in [6.45, 7) is 1.55. The number of aromatic nitrogens is 1. The van der Waals surface area contributed by atoms with Crippen molar-refractivity contribution >= 4 is 39.9 Å². The Balaban J connectivity index is 1.94. The van der Waals surface area contributed by atoms with Crippen molar-refractivity contribution in [2.45, 2.75) is 13.0 Å². The van der Waals surface area contributed by atoms with Gasteiger partial charge in [0.25, 0.3) is 5.78 Å². The number of Topliss-reactive ketones (excluding diaryl/α,β-unsaturated/α-hetero) is 1. The molecule has 3 aromatic rings. The summed E-state index contributed by atoms with van der Waals surface area (Å²) in [5, 5.41) is 11.1. The molecule has 0 radical (unpaired) electrons. The SMILES string of the molecule is COC(=O)c1sc(N2C(=O)C(=O)/C(=C(/O)c3ccc(OC)cc3)C2c2ccccc2F)nc1C. The Kier molecular flexibility index (Phi) is 6.16. The van der Waals surface area contributed by atoms with Crippen molar-refractivity contribution in [2.24, 2.45) is 0 Å².